The zero-order valence-electron chi connectivity index (χ0n) is 14.2. The van der Waals surface area contributed by atoms with Gasteiger partial charge in [0.15, 0.2) is 0 Å². The summed E-state index contributed by atoms with van der Waals surface area (Å²) in [5, 5.41) is 2.90. The highest BCUT2D eigenvalue weighted by Crippen LogP contribution is 2.23. The van der Waals surface area contributed by atoms with Crippen LogP contribution in [0.2, 0.25) is 0 Å². The lowest BCUT2D eigenvalue weighted by Crippen LogP contribution is -2.48. The van der Waals surface area contributed by atoms with Gasteiger partial charge in [-0.25, -0.2) is 0 Å². The number of thioether (sulfide) groups is 1. The molecule has 1 N–H and O–H groups in total. The van der Waals surface area contributed by atoms with E-state index < -0.39 is 12.1 Å². The summed E-state index contributed by atoms with van der Waals surface area (Å²) in [6, 6.07) is 7.16. The van der Waals surface area contributed by atoms with Crippen LogP contribution in [-0.4, -0.2) is 47.1 Å². The number of hydrogen-bond acceptors (Lipinski definition) is 4. The molecule has 0 aromatic heterocycles. The molecule has 1 aliphatic rings. The van der Waals surface area contributed by atoms with Crippen molar-refractivity contribution in [2.45, 2.75) is 32.4 Å². The molecular weight excluding hydrogens is 324 g/mol. The number of carbonyl (C=O) groups is 2. The fraction of sp³-hybridized carbons (Fsp3) is 0.444. The number of aryl methyl sites for hydroxylation is 1. The van der Waals surface area contributed by atoms with Crippen LogP contribution in [0.25, 0.3) is 0 Å². The molecule has 0 spiro atoms. The van der Waals surface area contributed by atoms with Gasteiger partial charge in [-0.3, -0.25) is 9.59 Å². The molecule has 1 fully saturated rings. The van der Waals surface area contributed by atoms with Crippen LogP contribution in [0.5, 0.6) is 0 Å². The molecule has 2 rings (SSSR count). The number of carbonyl (C=O) groups excluding carboxylic acids is 2. The predicted octanol–water partition coefficient (Wildman–Crippen LogP) is 2.82. The molecule has 0 radical (unpaired) electrons. The van der Waals surface area contributed by atoms with E-state index in [9.17, 15) is 9.59 Å². The molecule has 6 heteroatoms. The summed E-state index contributed by atoms with van der Waals surface area (Å²) in [5.74, 6) is 0.813. The summed E-state index contributed by atoms with van der Waals surface area (Å²) in [6.07, 6.45) is 1.89. The summed E-state index contributed by atoms with van der Waals surface area (Å²) in [6.45, 7) is 7.78. The maximum absolute atomic E-state index is 12.6. The molecule has 0 aliphatic carbocycles. The van der Waals surface area contributed by atoms with Gasteiger partial charge in [0.25, 0.3) is 5.91 Å². The highest BCUT2D eigenvalue weighted by atomic mass is 32.2. The Bertz CT molecular complexity index is 606. The van der Waals surface area contributed by atoms with E-state index in [0.29, 0.717) is 24.7 Å². The smallest absolute Gasteiger partial charge is 0.252 e. The summed E-state index contributed by atoms with van der Waals surface area (Å²) in [4.78, 5) is 26.7. The average Bonchev–Trinajstić information content (AvgIpc) is 3.04. The minimum Gasteiger partial charge on any atom is -0.368 e. The zero-order chi connectivity index (χ0) is 17.5. The average molecular weight is 348 g/mol. The first-order valence-corrected chi connectivity index (χ1v) is 9.16. The van der Waals surface area contributed by atoms with Gasteiger partial charge in [0.05, 0.1) is 12.5 Å². The monoisotopic (exact) mass is 348 g/mol. The first-order chi connectivity index (χ1) is 11.5. The van der Waals surface area contributed by atoms with Crippen LogP contribution < -0.4 is 5.32 Å². The molecule has 24 heavy (non-hydrogen) atoms. The molecular formula is C18H24N2O3S. The molecule has 5 nitrogen and oxygen atoms in total. The highest BCUT2D eigenvalue weighted by Gasteiger charge is 2.36. The van der Waals surface area contributed by atoms with Crippen molar-refractivity contribution in [2.24, 2.45) is 0 Å². The van der Waals surface area contributed by atoms with Crippen molar-refractivity contribution < 1.29 is 14.3 Å². The Morgan fingerprint density at radius 3 is 3.04 bits per heavy atom. The number of nitrogens with zero attached hydrogens (tertiary/aromatic N) is 1. The topological polar surface area (TPSA) is 58.6 Å². The van der Waals surface area contributed by atoms with Crippen molar-refractivity contribution in [2.75, 3.05) is 23.6 Å². The van der Waals surface area contributed by atoms with Gasteiger partial charge in [0.2, 0.25) is 5.91 Å². The third-order valence-corrected chi connectivity index (χ3v) is 4.80. The Labute approximate surface area is 147 Å². The number of rotatable bonds is 7. The third-order valence-electron chi connectivity index (χ3n) is 3.79. The van der Waals surface area contributed by atoms with Crippen LogP contribution in [0, 0.1) is 6.92 Å². The van der Waals surface area contributed by atoms with Gasteiger partial charge in [-0.05, 0) is 38.0 Å². The minimum atomic E-state index is -0.557. The van der Waals surface area contributed by atoms with Gasteiger partial charge in [-0.15, -0.1) is 18.3 Å². The van der Waals surface area contributed by atoms with Crippen LogP contribution in [0.4, 0.5) is 5.69 Å². The molecule has 2 atom stereocenters. The lowest BCUT2D eigenvalue weighted by Gasteiger charge is -2.26. The van der Waals surface area contributed by atoms with E-state index in [0.717, 1.165) is 11.3 Å². The molecule has 1 aliphatic heterocycles. The summed E-state index contributed by atoms with van der Waals surface area (Å²) < 4.78 is 5.52. The van der Waals surface area contributed by atoms with Crippen LogP contribution in [0.3, 0.4) is 0 Å². The number of amides is 2. The quantitative estimate of drug-likeness (QED) is 0.608. The van der Waals surface area contributed by atoms with Gasteiger partial charge < -0.3 is 15.0 Å². The van der Waals surface area contributed by atoms with Crippen LogP contribution in [0.15, 0.2) is 36.9 Å². The van der Waals surface area contributed by atoms with E-state index in [2.05, 4.69) is 11.9 Å². The van der Waals surface area contributed by atoms with Crippen molar-refractivity contribution in [1.29, 1.82) is 0 Å². The van der Waals surface area contributed by atoms with Crippen molar-refractivity contribution in [3.05, 3.63) is 42.5 Å². The van der Waals surface area contributed by atoms with Gasteiger partial charge >= 0.3 is 0 Å². The van der Waals surface area contributed by atoms with Crippen LogP contribution in [-0.2, 0) is 14.3 Å². The lowest BCUT2D eigenvalue weighted by molar-refractivity contribution is -0.145. The Morgan fingerprint density at radius 2 is 2.33 bits per heavy atom. The molecule has 1 heterocycles. The van der Waals surface area contributed by atoms with Gasteiger partial charge in [-0.1, -0.05) is 18.2 Å². The first kappa shape index (κ1) is 18.5. The van der Waals surface area contributed by atoms with Crippen molar-refractivity contribution in [3.63, 3.8) is 0 Å². The SMILES string of the molecule is C=CCCOC(C)C(=O)N1CSCC1C(=O)Nc1cccc(C)c1. The molecule has 1 aromatic carbocycles. The summed E-state index contributed by atoms with van der Waals surface area (Å²) >= 11 is 1.58. The van der Waals surface area contributed by atoms with E-state index in [-0.39, 0.29) is 11.8 Å². The standard InChI is InChI=1S/C18H24N2O3S/c1-4-5-9-23-14(3)18(22)20-12-24-11-16(20)17(21)19-15-8-6-7-13(2)10-15/h4,6-8,10,14,16H,1,5,9,11-12H2,2-3H3,(H,19,21). The highest BCUT2D eigenvalue weighted by molar-refractivity contribution is 7.99. The first-order valence-electron chi connectivity index (χ1n) is 8.01. The Hall–Kier alpha value is -1.79. The molecule has 1 saturated heterocycles. The van der Waals surface area contributed by atoms with Gasteiger partial charge in [0, 0.05) is 11.4 Å². The number of ether oxygens (including phenoxy) is 1. The maximum atomic E-state index is 12.6. The third kappa shape index (κ3) is 4.85. The zero-order valence-corrected chi connectivity index (χ0v) is 15.0. The number of nitrogens with one attached hydrogen (secondary N) is 1. The van der Waals surface area contributed by atoms with Crippen LogP contribution in [0.1, 0.15) is 18.9 Å². The Morgan fingerprint density at radius 1 is 1.54 bits per heavy atom. The maximum Gasteiger partial charge on any atom is 0.252 e. The molecule has 130 valence electrons. The molecule has 2 unspecified atom stereocenters. The Kier molecular flexibility index (Phi) is 6.87. The second-order valence-electron chi connectivity index (χ2n) is 5.77. The largest absolute Gasteiger partial charge is 0.368 e. The number of anilines is 1. The van der Waals surface area contributed by atoms with Crippen molar-refractivity contribution >= 4 is 29.3 Å². The molecule has 0 bridgehead atoms. The fourth-order valence-corrected chi connectivity index (χ4v) is 3.62. The molecule has 1 aromatic rings. The summed E-state index contributed by atoms with van der Waals surface area (Å²) in [7, 11) is 0. The van der Waals surface area contributed by atoms with E-state index in [1.54, 1.807) is 29.7 Å². The summed E-state index contributed by atoms with van der Waals surface area (Å²) in [5.41, 5.74) is 1.82. The minimum absolute atomic E-state index is 0.145. The van der Waals surface area contributed by atoms with Gasteiger partial charge in [-0.2, -0.15) is 0 Å². The predicted molar refractivity (Wildman–Crippen MR) is 98.0 cm³/mol. The van der Waals surface area contributed by atoms with E-state index in [1.165, 1.54) is 0 Å². The van der Waals surface area contributed by atoms with Crippen molar-refractivity contribution in [3.8, 4) is 0 Å². The van der Waals surface area contributed by atoms with E-state index in [4.69, 9.17) is 4.74 Å². The second-order valence-corrected chi connectivity index (χ2v) is 6.77. The van der Waals surface area contributed by atoms with E-state index >= 15 is 0 Å². The number of hydrogen-bond donors (Lipinski definition) is 1. The molecule has 2 amide bonds. The van der Waals surface area contributed by atoms with Gasteiger partial charge in [0.1, 0.15) is 12.1 Å². The Balaban J connectivity index is 1.97. The van der Waals surface area contributed by atoms with Crippen LogP contribution >= 0.6 is 11.8 Å². The number of benzene rings is 1. The molecule has 0 saturated carbocycles. The fourth-order valence-electron chi connectivity index (χ4n) is 2.46. The second kappa shape index (κ2) is 8.89. The lowest BCUT2D eigenvalue weighted by atomic mass is 10.2. The van der Waals surface area contributed by atoms with Crippen molar-refractivity contribution in [1.82, 2.24) is 4.90 Å². The van der Waals surface area contributed by atoms with E-state index in [1.807, 2.05) is 31.2 Å². The normalized spacial score (nSPS) is 18.2.